The van der Waals surface area contributed by atoms with Gasteiger partial charge < -0.3 is 0 Å². The van der Waals surface area contributed by atoms with Crippen molar-refractivity contribution in [3.63, 3.8) is 0 Å². The Morgan fingerprint density at radius 2 is 1.65 bits per heavy atom. The highest BCUT2D eigenvalue weighted by Gasteiger charge is 2.17. The number of nitrogens with zero attached hydrogens (tertiary/aromatic N) is 1. The molecule has 2 aromatic carbocycles. The molecule has 0 bridgehead atoms. The normalized spacial score (nSPS) is 12.7. The number of hydrogen-bond donors (Lipinski definition) is 0. The second-order valence-electron chi connectivity index (χ2n) is 6.20. The van der Waals surface area contributed by atoms with Gasteiger partial charge in [-0.25, -0.2) is 8.78 Å². The van der Waals surface area contributed by atoms with Crippen LogP contribution in [0.25, 0.3) is 0 Å². The summed E-state index contributed by atoms with van der Waals surface area (Å²) in [5.41, 5.74) is 1.90. The summed E-state index contributed by atoms with van der Waals surface area (Å²) in [4.78, 5) is 3.39. The van der Waals surface area contributed by atoms with Crippen LogP contribution in [0.3, 0.4) is 0 Å². The van der Waals surface area contributed by atoms with Gasteiger partial charge in [0.1, 0.15) is 11.6 Å². The zero-order valence-electron chi connectivity index (χ0n) is 14.0. The molecule has 4 heteroatoms. The minimum absolute atomic E-state index is 0.167. The molecule has 0 N–H and O–H groups in total. The number of halogens is 2. The first-order valence-electron chi connectivity index (χ1n) is 8.33. The number of isothiocyanates is 1. The Labute approximate surface area is 157 Å². The van der Waals surface area contributed by atoms with Gasteiger partial charge in [0.25, 0.3) is 0 Å². The lowest BCUT2D eigenvalue weighted by molar-refractivity contribution is 0.314. The molecular formula is C22H15F2NS. The van der Waals surface area contributed by atoms with Gasteiger partial charge in [0.2, 0.25) is 0 Å². The van der Waals surface area contributed by atoms with E-state index in [-0.39, 0.29) is 11.1 Å². The molecule has 0 saturated heterocycles. The van der Waals surface area contributed by atoms with Crippen molar-refractivity contribution in [3.8, 4) is 23.8 Å². The summed E-state index contributed by atoms with van der Waals surface area (Å²) < 4.78 is 28.2. The Balaban J connectivity index is 1.76. The lowest BCUT2D eigenvalue weighted by Crippen LogP contribution is -2.13. The van der Waals surface area contributed by atoms with Gasteiger partial charge in [-0.2, -0.15) is 0 Å². The Hall–Kier alpha value is -2.78. The molecule has 1 aliphatic carbocycles. The second-order valence-corrected chi connectivity index (χ2v) is 6.39. The van der Waals surface area contributed by atoms with Crippen LogP contribution >= 0.6 is 12.2 Å². The maximum atomic E-state index is 14.1. The highest BCUT2D eigenvalue weighted by molar-refractivity contribution is 7.78. The number of benzene rings is 2. The van der Waals surface area contributed by atoms with E-state index in [1.54, 1.807) is 0 Å². The monoisotopic (exact) mass is 363 g/mol. The van der Waals surface area contributed by atoms with Crippen LogP contribution in [0.15, 0.2) is 41.4 Å². The van der Waals surface area contributed by atoms with Gasteiger partial charge in [-0.15, -0.1) is 4.99 Å². The van der Waals surface area contributed by atoms with Gasteiger partial charge in [-0.1, -0.05) is 43.2 Å². The van der Waals surface area contributed by atoms with Crippen molar-refractivity contribution in [1.29, 1.82) is 0 Å². The van der Waals surface area contributed by atoms with E-state index in [1.165, 1.54) is 24.8 Å². The molecule has 1 aliphatic rings. The average Bonchev–Trinajstić information content (AvgIpc) is 2.59. The zero-order chi connectivity index (χ0) is 18.4. The van der Waals surface area contributed by atoms with Gasteiger partial charge >= 0.3 is 0 Å². The fourth-order valence-electron chi connectivity index (χ4n) is 2.77. The SMILES string of the molecule is Fc1cc(C#CN=C=S)cc(F)c1C#Cc1ccc(CC2CCC2)cc1. The minimum Gasteiger partial charge on any atom is -0.205 e. The van der Waals surface area contributed by atoms with E-state index < -0.39 is 11.6 Å². The molecule has 0 heterocycles. The second kappa shape index (κ2) is 8.54. The van der Waals surface area contributed by atoms with Crippen LogP contribution in [0.4, 0.5) is 8.78 Å². The van der Waals surface area contributed by atoms with Crippen molar-refractivity contribution in [2.75, 3.05) is 0 Å². The highest BCUT2D eigenvalue weighted by Crippen LogP contribution is 2.29. The van der Waals surface area contributed by atoms with Crippen molar-refractivity contribution in [1.82, 2.24) is 0 Å². The summed E-state index contributed by atoms with van der Waals surface area (Å²) in [7, 11) is 0. The third-order valence-corrected chi connectivity index (χ3v) is 4.47. The lowest BCUT2D eigenvalue weighted by atomic mass is 9.81. The molecule has 128 valence electrons. The number of aliphatic imine (C=N–C) groups is 1. The molecule has 0 amide bonds. The smallest absolute Gasteiger partial charge is 0.143 e. The predicted octanol–water partition coefficient (Wildman–Crippen LogP) is 5.12. The van der Waals surface area contributed by atoms with Gasteiger partial charge in [0.05, 0.1) is 16.8 Å². The molecule has 0 unspecified atom stereocenters. The highest BCUT2D eigenvalue weighted by atomic mass is 32.1. The first-order valence-corrected chi connectivity index (χ1v) is 8.74. The maximum Gasteiger partial charge on any atom is 0.143 e. The van der Waals surface area contributed by atoms with Crippen molar-refractivity contribution in [2.24, 2.45) is 10.9 Å². The number of rotatable bonds is 2. The molecule has 0 radical (unpaired) electrons. The summed E-state index contributed by atoms with van der Waals surface area (Å²) in [6.45, 7) is 0. The van der Waals surface area contributed by atoms with Crippen molar-refractivity contribution in [2.45, 2.75) is 25.7 Å². The predicted molar refractivity (Wildman–Crippen MR) is 102 cm³/mol. The maximum absolute atomic E-state index is 14.1. The summed E-state index contributed by atoms with van der Waals surface area (Å²) in [6.07, 6.45) is 5.03. The van der Waals surface area contributed by atoms with Crippen molar-refractivity contribution >= 4 is 17.4 Å². The lowest BCUT2D eigenvalue weighted by Gasteiger charge is -2.25. The molecule has 0 aromatic heterocycles. The van der Waals surface area contributed by atoms with Crippen LogP contribution in [0.2, 0.25) is 0 Å². The molecule has 2 aromatic rings. The van der Waals surface area contributed by atoms with Gasteiger partial charge in [0.15, 0.2) is 0 Å². The third kappa shape index (κ3) is 4.64. The number of thiocarbonyl (C=S) groups is 1. The first-order chi connectivity index (χ1) is 12.7. The van der Waals surface area contributed by atoms with Crippen LogP contribution in [-0.2, 0) is 6.42 Å². The van der Waals surface area contributed by atoms with Gasteiger partial charge in [-0.05, 0) is 60.3 Å². The van der Waals surface area contributed by atoms with E-state index in [9.17, 15) is 8.78 Å². The van der Waals surface area contributed by atoms with E-state index in [1.807, 2.05) is 24.3 Å². The molecule has 0 aliphatic heterocycles. The van der Waals surface area contributed by atoms with Crippen LogP contribution in [0, 0.1) is 41.4 Å². The van der Waals surface area contributed by atoms with E-state index >= 15 is 0 Å². The largest absolute Gasteiger partial charge is 0.205 e. The third-order valence-electron chi connectivity index (χ3n) is 4.38. The van der Waals surface area contributed by atoms with Gasteiger partial charge in [-0.3, -0.25) is 0 Å². The molecule has 1 fully saturated rings. The van der Waals surface area contributed by atoms with E-state index in [4.69, 9.17) is 0 Å². The van der Waals surface area contributed by atoms with E-state index in [0.29, 0.717) is 0 Å². The molecule has 3 rings (SSSR count). The first kappa shape index (κ1) is 18.0. The van der Waals surface area contributed by atoms with Gasteiger partial charge in [0, 0.05) is 11.1 Å². The van der Waals surface area contributed by atoms with Crippen LogP contribution in [-0.4, -0.2) is 5.16 Å². The van der Waals surface area contributed by atoms with Crippen molar-refractivity contribution < 1.29 is 8.78 Å². The van der Waals surface area contributed by atoms with E-state index in [0.717, 1.165) is 30.0 Å². The quantitative estimate of drug-likeness (QED) is 0.410. The molecular weight excluding hydrogens is 348 g/mol. The Morgan fingerprint density at radius 3 is 2.23 bits per heavy atom. The summed E-state index contributed by atoms with van der Waals surface area (Å²) >= 11 is 4.37. The Bertz CT molecular complexity index is 954. The summed E-state index contributed by atoms with van der Waals surface area (Å²) in [6, 6.07) is 12.4. The molecule has 0 atom stereocenters. The molecule has 1 saturated carbocycles. The Kier molecular flexibility index (Phi) is 5.92. The van der Waals surface area contributed by atoms with Crippen LogP contribution in [0.5, 0.6) is 0 Å². The van der Waals surface area contributed by atoms with Crippen LogP contribution < -0.4 is 0 Å². The average molecular weight is 363 g/mol. The molecule has 0 spiro atoms. The van der Waals surface area contributed by atoms with Crippen LogP contribution in [0.1, 0.15) is 41.5 Å². The summed E-state index contributed by atoms with van der Waals surface area (Å²) in [5, 5.41) is 2.06. The Morgan fingerprint density at radius 1 is 0.962 bits per heavy atom. The zero-order valence-corrected chi connectivity index (χ0v) is 14.8. The van der Waals surface area contributed by atoms with E-state index in [2.05, 4.69) is 46.2 Å². The molecule has 1 nitrogen and oxygen atoms in total. The summed E-state index contributed by atoms with van der Waals surface area (Å²) in [5.74, 6) is 7.16. The number of hydrogen-bond acceptors (Lipinski definition) is 2. The molecule has 26 heavy (non-hydrogen) atoms. The fraction of sp³-hybridized carbons (Fsp3) is 0.227. The van der Waals surface area contributed by atoms with Crippen molar-refractivity contribution in [3.05, 3.63) is 70.3 Å². The fourth-order valence-corrected chi connectivity index (χ4v) is 2.81. The topological polar surface area (TPSA) is 12.4 Å². The standard InChI is InChI=1S/C22H15F2NS/c23-21-13-19(10-11-25-15-26)14-22(24)20(21)9-8-16-4-6-18(7-5-16)12-17-2-1-3-17/h4-7,13-14,17H,1-3,12H2. The minimum atomic E-state index is -0.755.